The van der Waals surface area contributed by atoms with Gasteiger partial charge in [-0.1, -0.05) is 23.4 Å². The van der Waals surface area contributed by atoms with Gasteiger partial charge in [0.15, 0.2) is 5.78 Å². The van der Waals surface area contributed by atoms with Crippen molar-refractivity contribution in [2.75, 3.05) is 0 Å². The Bertz CT molecular complexity index is 1210. The van der Waals surface area contributed by atoms with Gasteiger partial charge in [-0.3, -0.25) is 14.6 Å². The van der Waals surface area contributed by atoms with E-state index in [1.165, 1.54) is 30.5 Å². The van der Waals surface area contributed by atoms with Gasteiger partial charge in [0.2, 0.25) is 0 Å². The third-order valence-corrected chi connectivity index (χ3v) is 4.53. The van der Waals surface area contributed by atoms with Crippen LogP contribution in [-0.2, 0) is 6.54 Å². The van der Waals surface area contributed by atoms with Gasteiger partial charge in [-0.25, -0.2) is 4.39 Å². The van der Waals surface area contributed by atoms with E-state index >= 15 is 0 Å². The van der Waals surface area contributed by atoms with Crippen LogP contribution in [0.1, 0.15) is 37.9 Å². The van der Waals surface area contributed by atoms with E-state index in [4.69, 9.17) is 4.52 Å². The maximum absolute atomic E-state index is 13.6. The average Bonchev–Trinajstić information content (AvgIpc) is 3.40. The fourth-order valence-corrected chi connectivity index (χ4v) is 3.04. The number of aromatic amines is 1. The van der Waals surface area contributed by atoms with E-state index in [1.807, 2.05) is 6.07 Å². The second-order valence-corrected chi connectivity index (χ2v) is 6.61. The Labute approximate surface area is 170 Å². The number of carbonyl (C=O) groups excluding carboxylic acids is 2. The molecule has 3 heterocycles. The van der Waals surface area contributed by atoms with Crippen LogP contribution >= 0.6 is 0 Å². The predicted molar refractivity (Wildman–Crippen MR) is 106 cm³/mol. The van der Waals surface area contributed by atoms with Crippen LogP contribution in [0.15, 0.2) is 65.4 Å². The molecule has 0 spiro atoms. The van der Waals surface area contributed by atoms with Crippen LogP contribution in [0.2, 0.25) is 0 Å². The molecule has 150 valence electrons. The van der Waals surface area contributed by atoms with Crippen molar-refractivity contribution in [1.29, 1.82) is 0 Å². The highest BCUT2D eigenvalue weighted by Gasteiger charge is 2.24. The Morgan fingerprint density at radius 1 is 1.17 bits per heavy atom. The normalized spacial score (nSPS) is 10.7. The van der Waals surface area contributed by atoms with Crippen LogP contribution in [0.25, 0.3) is 11.3 Å². The van der Waals surface area contributed by atoms with Gasteiger partial charge in [-0.2, -0.15) is 0 Å². The lowest BCUT2D eigenvalue weighted by Crippen LogP contribution is -2.23. The first-order chi connectivity index (χ1) is 14.5. The van der Waals surface area contributed by atoms with Gasteiger partial charge in [-0.15, -0.1) is 0 Å². The minimum absolute atomic E-state index is 0.222. The zero-order valence-electron chi connectivity index (χ0n) is 16.0. The molecule has 2 N–H and O–H groups in total. The highest BCUT2D eigenvalue weighted by molar-refractivity contribution is 6.13. The molecule has 1 aromatic carbocycles. The van der Waals surface area contributed by atoms with Crippen molar-refractivity contribution < 1.29 is 18.5 Å². The number of aromatic nitrogens is 3. The summed E-state index contributed by atoms with van der Waals surface area (Å²) in [7, 11) is 0. The molecule has 0 saturated heterocycles. The maximum Gasteiger partial charge on any atom is 0.268 e. The van der Waals surface area contributed by atoms with Crippen LogP contribution in [0.4, 0.5) is 4.39 Å². The number of ketones is 1. The Hall–Kier alpha value is -4.07. The third-order valence-electron chi connectivity index (χ3n) is 4.53. The topological polar surface area (TPSA) is 101 Å². The summed E-state index contributed by atoms with van der Waals surface area (Å²) < 4.78 is 18.8. The number of nitrogens with zero attached hydrogens (tertiary/aromatic N) is 2. The van der Waals surface area contributed by atoms with Crippen molar-refractivity contribution in [2.24, 2.45) is 0 Å². The Kier molecular flexibility index (Phi) is 5.21. The monoisotopic (exact) mass is 404 g/mol. The summed E-state index contributed by atoms with van der Waals surface area (Å²) in [6, 6.07) is 12.6. The predicted octanol–water partition coefficient (Wildman–Crippen LogP) is 3.67. The summed E-state index contributed by atoms with van der Waals surface area (Å²) in [5, 5.41) is 6.66. The molecule has 0 aliphatic rings. The third kappa shape index (κ3) is 3.88. The van der Waals surface area contributed by atoms with E-state index in [9.17, 15) is 14.0 Å². The molecule has 0 unspecified atom stereocenters. The number of pyridine rings is 1. The SMILES string of the molecule is Cc1onc(-c2cccc(F)c2)c1C(=O)c1c[nH]c(C(=O)NCc2ccccn2)c1. The molecule has 4 rings (SSSR count). The minimum Gasteiger partial charge on any atom is -0.360 e. The van der Waals surface area contributed by atoms with Crippen molar-refractivity contribution in [3.05, 3.63) is 95.0 Å². The van der Waals surface area contributed by atoms with E-state index < -0.39 is 5.82 Å². The van der Waals surface area contributed by atoms with Crippen LogP contribution in [0.5, 0.6) is 0 Å². The molecule has 0 atom stereocenters. The van der Waals surface area contributed by atoms with Gasteiger partial charge in [0.05, 0.1) is 17.8 Å². The van der Waals surface area contributed by atoms with Crippen molar-refractivity contribution in [3.8, 4) is 11.3 Å². The average molecular weight is 404 g/mol. The number of rotatable bonds is 6. The van der Waals surface area contributed by atoms with E-state index in [0.717, 1.165) is 0 Å². The Morgan fingerprint density at radius 2 is 2.03 bits per heavy atom. The zero-order valence-corrected chi connectivity index (χ0v) is 16.0. The first-order valence-electron chi connectivity index (χ1n) is 9.16. The number of amides is 1. The van der Waals surface area contributed by atoms with E-state index in [0.29, 0.717) is 17.0 Å². The van der Waals surface area contributed by atoms with Gasteiger partial charge in [0, 0.05) is 23.5 Å². The fraction of sp³-hybridized carbons (Fsp3) is 0.0909. The number of halogens is 1. The second kappa shape index (κ2) is 8.12. The number of nitrogens with one attached hydrogen (secondary N) is 2. The van der Waals surface area contributed by atoms with Crippen LogP contribution < -0.4 is 5.32 Å². The molecule has 1 amide bonds. The second-order valence-electron chi connectivity index (χ2n) is 6.61. The minimum atomic E-state index is -0.444. The standard InChI is InChI=1S/C22H17FN4O3/c1-13-19(20(27-30-13)14-5-4-6-16(23)9-14)21(28)15-10-18(25-11-15)22(29)26-12-17-7-2-3-8-24-17/h2-11,25H,12H2,1H3,(H,26,29). The maximum atomic E-state index is 13.6. The number of benzene rings is 1. The molecule has 7 nitrogen and oxygen atoms in total. The van der Waals surface area contributed by atoms with Crippen LogP contribution in [-0.4, -0.2) is 26.8 Å². The largest absolute Gasteiger partial charge is 0.360 e. The summed E-state index contributed by atoms with van der Waals surface area (Å²) in [5.74, 6) is -0.887. The van der Waals surface area contributed by atoms with Gasteiger partial charge in [0.25, 0.3) is 5.91 Å². The zero-order chi connectivity index (χ0) is 21.1. The molecule has 0 radical (unpaired) electrons. The summed E-state index contributed by atoms with van der Waals surface area (Å²) in [6.45, 7) is 1.87. The quantitative estimate of drug-likeness (QED) is 0.478. The van der Waals surface area contributed by atoms with Gasteiger partial charge in [-0.05, 0) is 37.3 Å². The Morgan fingerprint density at radius 3 is 2.80 bits per heavy atom. The van der Waals surface area contributed by atoms with Crippen molar-refractivity contribution in [1.82, 2.24) is 20.4 Å². The number of carbonyl (C=O) groups is 2. The lowest BCUT2D eigenvalue weighted by atomic mass is 9.99. The number of H-pyrrole nitrogens is 1. The fourth-order valence-electron chi connectivity index (χ4n) is 3.04. The summed E-state index contributed by atoms with van der Waals surface area (Å²) in [5.41, 5.74) is 2.12. The summed E-state index contributed by atoms with van der Waals surface area (Å²) in [4.78, 5) is 32.4. The van der Waals surface area contributed by atoms with Crippen molar-refractivity contribution in [3.63, 3.8) is 0 Å². The molecule has 0 aliphatic carbocycles. The smallest absolute Gasteiger partial charge is 0.268 e. The van der Waals surface area contributed by atoms with Crippen molar-refractivity contribution in [2.45, 2.75) is 13.5 Å². The van der Waals surface area contributed by atoms with Gasteiger partial charge in [0.1, 0.15) is 23.0 Å². The molecule has 3 aromatic heterocycles. The lowest BCUT2D eigenvalue weighted by Gasteiger charge is -2.03. The molecule has 0 fully saturated rings. The highest BCUT2D eigenvalue weighted by atomic mass is 19.1. The number of hydrogen-bond acceptors (Lipinski definition) is 5. The highest BCUT2D eigenvalue weighted by Crippen LogP contribution is 2.28. The van der Waals surface area contributed by atoms with Crippen LogP contribution in [0.3, 0.4) is 0 Å². The summed E-state index contributed by atoms with van der Waals surface area (Å²) >= 11 is 0. The van der Waals surface area contributed by atoms with Gasteiger partial charge >= 0.3 is 0 Å². The molecular formula is C22H17FN4O3. The number of hydrogen-bond donors (Lipinski definition) is 2. The summed E-state index contributed by atoms with van der Waals surface area (Å²) in [6.07, 6.45) is 3.09. The van der Waals surface area contributed by atoms with Crippen LogP contribution in [0, 0.1) is 12.7 Å². The lowest BCUT2D eigenvalue weighted by molar-refractivity contribution is 0.0946. The molecule has 30 heavy (non-hydrogen) atoms. The molecule has 0 saturated carbocycles. The first kappa shape index (κ1) is 19.3. The molecule has 0 bridgehead atoms. The van der Waals surface area contributed by atoms with E-state index in [-0.39, 0.29) is 40.7 Å². The van der Waals surface area contributed by atoms with E-state index in [2.05, 4.69) is 20.4 Å². The number of aryl methyl sites for hydroxylation is 1. The van der Waals surface area contributed by atoms with Gasteiger partial charge < -0.3 is 14.8 Å². The van der Waals surface area contributed by atoms with Crippen molar-refractivity contribution >= 4 is 11.7 Å². The molecule has 4 aromatic rings. The molecular weight excluding hydrogens is 387 g/mol. The first-order valence-corrected chi connectivity index (χ1v) is 9.16. The molecule has 0 aliphatic heterocycles. The Balaban J connectivity index is 1.55. The van der Waals surface area contributed by atoms with E-state index in [1.54, 1.807) is 31.3 Å². The molecule has 8 heteroatoms.